The monoisotopic (exact) mass is 1480 g/mol. The number of halogens is 1. The number of hydrogen-bond acceptors (Lipinski definition) is 10. The fourth-order valence-corrected chi connectivity index (χ4v) is 14.3. The molecule has 1 saturated heterocycles. The van der Waals surface area contributed by atoms with Crippen LogP contribution in [0.15, 0.2) is 369 Å². The quantitative estimate of drug-likeness (QED) is 0.0863. The lowest BCUT2D eigenvalue weighted by molar-refractivity contribution is 0.00578. The Labute approximate surface area is 648 Å². The van der Waals surface area contributed by atoms with Crippen molar-refractivity contribution in [2.24, 2.45) is 0 Å². The summed E-state index contributed by atoms with van der Waals surface area (Å²) in [7, 11) is -0.325. The molecule has 1 fully saturated rings. The van der Waals surface area contributed by atoms with Crippen LogP contribution in [0.4, 0.5) is 0 Å². The lowest BCUT2D eigenvalue weighted by Crippen LogP contribution is -2.41. The summed E-state index contributed by atoms with van der Waals surface area (Å²) in [5, 5.41) is 9.54. The summed E-state index contributed by atoms with van der Waals surface area (Å²) in [6, 6.07) is 117. The minimum absolute atomic E-state index is 0.320. The van der Waals surface area contributed by atoms with Crippen LogP contribution in [0.3, 0.4) is 0 Å². The normalized spacial score (nSPS) is 12.8. The fraction of sp³-hybridized carbons (Fsp3) is 0.0612. The van der Waals surface area contributed by atoms with Gasteiger partial charge in [0.05, 0.1) is 11.2 Å². The van der Waals surface area contributed by atoms with Gasteiger partial charge in [-0.05, 0) is 170 Å². The second-order valence-corrected chi connectivity index (χ2v) is 29.2. The minimum Gasteiger partial charge on any atom is -0.399 e. The van der Waals surface area contributed by atoms with Gasteiger partial charge in [0.2, 0.25) is 0 Å². The van der Waals surface area contributed by atoms with Crippen LogP contribution in [0.25, 0.3) is 167 Å². The van der Waals surface area contributed by atoms with E-state index in [1.807, 2.05) is 128 Å². The van der Waals surface area contributed by atoms with Crippen LogP contribution in [0, 0.1) is 0 Å². The highest BCUT2D eigenvalue weighted by Crippen LogP contribution is 2.39. The first kappa shape index (κ1) is 69.9. The Kier molecular flexibility index (Phi) is 19.5. The van der Waals surface area contributed by atoms with Crippen molar-refractivity contribution in [2.75, 3.05) is 0 Å². The van der Waals surface area contributed by atoms with Crippen molar-refractivity contribution in [2.45, 2.75) is 38.9 Å². The molecule has 0 amide bonds. The van der Waals surface area contributed by atoms with Crippen LogP contribution in [0.1, 0.15) is 27.7 Å². The molecule has 0 spiro atoms. The molecule has 18 aromatic rings. The summed E-state index contributed by atoms with van der Waals surface area (Å²) < 4.78 is 13.3. The van der Waals surface area contributed by atoms with Gasteiger partial charge >= 0.3 is 7.12 Å². The second-order valence-electron chi connectivity index (χ2n) is 28.3. The third-order valence-electron chi connectivity index (χ3n) is 20.6. The summed E-state index contributed by atoms with van der Waals surface area (Å²) >= 11 is 3.58. The maximum atomic E-state index is 6.15. The molecule has 1 aliphatic rings. The van der Waals surface area contributed by atoms with E-state index in [0.29, 0.717) is 34.9 Å². The maximum absolute atomic E-state index is 6.15. The van der Waals surface area contributed by atoms with Gasteiger partial charge < -0.3 is 9.31 Å². The van der Waals surface area contributed by atoms with E-state index in [4.69, 9.17) is 39.2 Å². The van der Waals surface area contributed by atoms with E-state index in [1.54, 1.807) is 0 Å². The van der Waals surface area contributed by atoms with Gasteiger partial charge in [0.1, 0.15) is 0 Å². The molecule has 1 aliphatic heterocycles. The first-order valence-corrected chi connectivity index (χ1v) is 37.6. The molecule has 4 aromatic heterocycles. The zero-order valence-electron chi connectivity index (χ0n) is 61.0. The average molecular weight is 1480 g/mol. The van der Waals surface area contributed by atoms with Crippen LogP contribution < -0.4 is 5.46 Å². The Morgan fingerprint density at radius 2 is 0.527 bits per heavy atom. The Bertz CT molecular complexity index is 6360. The standard InChI is InChI=1S/C46H30N4.C33H22BrN3.C19H20BNO2/c1-3-9-31(10-4-1)32-17-20-35(21-18-32)45-48-44(34-11-5-2-6-12-34)49-46(50-45)41-16-8-15-38(29-41)36-13-7-14-37(27-36)39-23-24-42-40(28-39)22-19-33-25-26-47-30-43(33)42;34-30-16-8-14-28(22-30)27-13-7-15-29(21-27)33-36-31(25-11-5-2-6-12-25)35-32(37-33)26-19-17-24(18-20-26)23-9-3-1-4-10-23;1-18(2)19(3,4)23-20(22-18)15-7-8-16-14(11-15)6-5-13-9-10-21-12-17(13)16/h1-30H;1-22H;5-12H,1-4H3. The van der Waals surface area contributed by atoms with Gasteiger partial charge in [-0.2, -0.15) is 0 Å². The van der Waals surface area contributed by atoms with Gasteiger partial charge in [-0.25, -0.2) is 29.9 Å². The Morgan fingerprint density at radius 3 is 0.945 bits per heavy atom. The molecule has 0 aliphatic carbocycles. The van der Waals surface area contributed by atoms with Crippen molar-refractivity contribution in [1.29, 1.82) is 0 Å². The van der Waals surface area contributed by atoms with Crippen molar-refractivity contribution in [3.8, 4) is 124 Å². The SMILES string of the molecule is Brc1cccc(-c2cccc(-c3nc(-c4ccccc4)nc(-c4ccc(-c5ccccc5)cc4)n3)c2)c1.CC1(C)OB(c2ccc3c(ccc4ccncc43)c2)OC1(C)C.c1ccc(-c2ccc(-c3nc(-c4ccccc4)nc(-c4cccc(-c5cccc(-c6ccc7c(ccc8ccncc87)c6)c5)c4)n3)cc2)cc1. The molecular weight excluding hydrogens is 1410 g/mol. The molecule has 0 bridgehead atoms. The summed E-state index contributed by atoms with van der Waals surface area (Å²) in [6.45, 7) is 8.31. The molecule has 14 aromatic carbocycles. The van der Waals surface area contributed by atoms with Crippen molar-refractivity contribution in [1.82, 2.24) is 39.9 Å². The summed E-state index contributed by atoms with van der Waals surface area (Å²) in [5.41, 5.74) is 17.5. The highest BCUT2D eigenvalue weighted by atomic mass is 79.9. The zero-order chi connectivity index (χ0) is 74.6. The molecule has 5 heterocycles. The number of pyridine rings is 2. The molecule has 12 heteroatoms. The van der Waals surface area contributed by atoms with E-state index < -0.39 is 0 Å². The molecular formula is C98H72BBrN8O2. The molecule has 0 atom stereocenters. The highest BCUT2D eigenvalue weighted by Gasteiger charge is 2.51. The van der Waals surface area contributed by atoms with Crippen molar-refractivity contribution in [3.05, 3.63) is 369 Å². The molecule has 0 unspecified atom stereocenters. The molecule has 526 valence electrons. The number of fused-ring (bicyclic) bond motifs is 6. The third kappa shape index (κ3) is 15.0. The minimum atomic E-state index is -0.325. The number of benzene rings is 14. The van der Waals surface area contributed by atoms with Crippen molar-refractivity contribution < 1.29 is 9.31 Å². The van der Waals surface area contributed by atoms with E-state index in [-0.39, 0.29) is 18.3 Å². The predicted octanol–water partition coefficient (Wildman–Crippen LogP) is 24.2. The lowest BCUT2D eigenvalue weighted by Gasteiger charge is -2.32. The van der Waals surface area contributed by atoms with E-state index in [2.05, 4.69) is 290 Å². The van der Waals surface area contributed by atoms with Gasteiger partial charge in [-0.1, -0.05) is 307 Å². The number of aromatic nitrogens is 8. The highest BCUT2D eigenvalue weighted by molar-refractivity contribution is 9.10. The second kappa shape index (κ2) is 30.6. The maximum Gasteiger partial charge on any atom is 0.494 e. The molecule has 0 saturated carbocycles. The van der Waals surface area contributed by atoms with Gasteiger partial charge in [0.15, 0.2) is 34.9 Å². The van der Waals surface area contributed by atoms with Crippen LogP contribution >= 0.6 is 15.9 Å². The van der Waals surface area contributed by atoms with Gasteiger partial charge in [0, 0.05) is 73.4 Å². The van der Waals surface area contributed by atoms with Gasteiger partial charge in [-0.3, -0.25) is 9.97 Å². The van der Waals surface area contributed by atoms with E-state index in [1.165, 1.54) is 59.8 Å². The van der Waals surface area contributed by atoms with Crippen LogP contribution in [-0.2, 0) is 9.31 Å². The molecule has 0 N–H and O–H groups in total. The van der Waals surface area contributed by atoms with Crippen LogP contribution in [0.2, 0.25) is 0 Å². The van der Waals surface area contributed by atoms with E-state index >= 15 is 0 Å². The topological polar surface area (TPSA) is 122 Å². The largest absolute Gasteiger partial charge is 0.494 e. The molecule has 19 rings (SSSR count). The first-order valence-electron chi connectivity index (χ1n) is 36.8. The lowest BCUT2D eigenvalue weighted by atomic mass is 9.78. The van der Waals surface area contributed by atoms with E-state index in [0.717, 1.165) is 82.3 Å². The van der Waals surface area contributed by atoms with Crippen LogP contribution in [0.5, 0.6) is 0 Å². The van der Waals surface area contributed by atoms with Gasteiger partial charge in [-0.15, -0.1) is 0 Å². The molecule has 0 radical (unpaired) electrons. The van der Waals surface area contributed by atoms with Crippen LogP contribution in [-0.4, -0.2) is 58.2 Å². The average Bonchev–Trinajstić information content (AvgIpc) is 1.67. The number of nitrogens with zero attached hydrogens (tertiary/aromatic N) is 8. The molecule has 10 nitrogen and oxygen atoms in total. The van der Waals surface area contributed by atoms with Crippen molar-refractivity contribution in [3.63, 3.8) is 0 Å². The zero-order valence-corrected chi connectivity index (χ0v) is 62.6. The fourth-order valence-electron chi connectivity index (χ4n) is 13.9. The summed E-state index contributed by atoms with van der Waals surface area (Å²) in [4.78, 5) is 38.2. The summed E-state index contributed by atoms with van der Waals surface area (Å²) in [6.07, 6.45) is 7.54. The predicted molar refractivity (Wildman–Crippen MR) is 455 cm³/mol. The smallest absolute Gasteiger partial charge is 0.399 e. The van der Waals surface area contributed by atoms with Gasteiger partial charge in [0.25, 0.3) is 0 Å². The Balaban J connectivity index is 0.000000129. The van der Waals surface area contributed by atoms with Crippen molar-refractivity contribution >= 4 is 71.6 Å². The number of rotatable bonds is 12. The third-order valence-corrected chi connectivity index (χ3v) is 21.1. The Morgan fingerprint density at radius 1 is 0.236 bits per heavy atom. The first-order chi connectivity index (χ1) is 53.8. The number of hydrogen-bond donors (Lipinski definition) is 0. The Hall–Kier alpha value is -13.1. The van der Waals surface area contributed by atoms with E-state index in [9.17, 15) is 0 Å². The molecule has 110 heavy (non-hydrogen) atoms. The summed E-state index contributed by atoms with van der Waals surface area (Å²) in [5.74, 6) is 3.87.